The Kier molecular flexibility index (Phi) is 3.59. The van der Waals surface area contributed by atoms with E-state index in [0.717, 1.165) is 5.56 Å². The highest BCUT2D eigenvalue weighted by molar-refractivity contribution is 7.80. The summed E-state index contributed by atoms with van der Waals surface area (Å²) in [5.41, 5.74) is 0.894. The lowest BCUT2D eigenvalue weighted by atomic mass is 10.1. The van der Waals surface area contributed by atoms with Crippen LogP contribution in [-0.4, -0.2) is 21.9 Å². The number of aromatic nitrogens is 1. The van der Waals surface area contributed by atoms with Crippen molar-refractivity contribution >= 4 is 35.2 Å². The number of pyridine rings is 1. The molecule has 2 rings (SSSR count). The van der Waals surface area contributed by atoms with Crippen molar-refractivity contribution in [3.63, 3.8) is 0 Å². The molecule has 0 saturated carbocycles. The number of thiocarbonyl (C=S) groups is 1. The average Bonchev–Trinajstić information content (AvgIpc) is 2.34. The number of allylic oxidation sites excluding steroid dienone is 2. The molecule has 0 bridgehead atoms. The fourth-order valence-corrected chi connectivity index (χ4v) is 1.54. The van der Waals surface area contributed by atoms with E-state index >= 15 is 0 Å². The number of hydrogen-bond donors (Lipinski definition) is 2. The van der Waals surface area contributed by atoms with Crippen molar-refractivity contribution in [1.82, 2.24) is 15.6 Å². The van der Waals surface area contributed by atoms with Gasteiger partial charge in [-0.25, -0.2) is 0 Å². The van der Waals surface area contributed by atoms with Gasteiger partial charge in [-0.3, -0.25) is 25.2 Å². The van der Waals surface area contributed by atoms with Crippen LogP contribution >= 0.6 is 12.2 Å². The summed E-state index contributed by atoms with van der Waals surface area (Å²) >= 11 is 4.68. The fourth-order valence-electron chi connectivity index (χ4n) is 1.36. The van der Waals surface area contributed by atoms with E-state index in [1.54, 1.807) is 30.6 Å². The Balaban J connectivity index is 2.14. The second kappa shape index (κ2) is 5.33. The molecule has 0 aromatic carbocycles. The van der Waals surface area contributed by atoms with E-state index in [2.05, 4.69) is 27.8 Å². The predicted molar refractivity (Wildman–Crippen MR) is 70.2 cm³/mol. The summed E-state index contributed by atoms with van der Waals surface area (Å²) in [6.07, 6.45) is 8.12. The van der Waals surface area contributed by atoms with E-state index in [4.69, 9.17) is 0 Å². The van der Waals surface area contributed by atoms with Crippen LogP contribution in [0.5, 0.6) is 0 Å². The number of hydrogen-bond acceptors (Lipinski definition) is 4. The van der Waals surface area contributed by atoms with Crippen molar-refractivity contribution in [3.05, 3.63) is 47.8 Å². The number of rotatable bonds is 2. The largest absolute Gasteiger partial charge is 0.299 e. The summed E-state index contributed by atoms with van der Waals surface area (Å²) in [6.45, 7) is 0. The molecule has 1 aliphatic heterocycles. The zero-order valence-corrected chi connectivity index (χ0v) is 10.0. The van der Waals surface area contributed by atoms with Crippen LogP contribution in [0.2, 0.25) is 0 Å². The molecule has 0 aliphatic carbocycles. The van der Waals surface area contributed by atoms with Gasteiger partial charge >= 0.3 is 0 Å². The summed E-state index contributed by atoms with van der Waals surface area (Å²) in [6, 6.07) is 3.66. The Hall–Kier alpha value is -2.34. The number of nitrogens with zero attached hydrogens (tertiary/aromatic N) is 1. The Bertz CT molecular complexity index is 542. The first-order valence-corrected chi connectivity index (χ1v) is 5.53. The van der Waals surface area contributed by atoms with Gasteiger partial charge in [-0.1, -0.05) is 18.2 Å². The Morgan fingerprint density at radius 3 is 2.56 bits per heavy atom. The molecule has 2 amide bonds. The smallest absolute Gasteiger partial charge is 0.263 e. The van der Waals surface area contributed by atoms with Crippen molar-refractivity contribution in [2.24, 2.45) is 0 Å². The van der Waals surface area contributed by atoms with Crippen molar-refractivity contribution in [1.29, 1.82) is 0 Å². The van der Waals surface area contributed by atoms with E-state index in [-0.39, 0.29) is 10.7 Å². The summed E-state index contributed by atoms with van der Waals surface area (Å²) in [5, 5.41) is 4.74. The van der Waals surface area contributed by atoms with Crippen molar-refractivity contribution in [3.8, 4) is 0 Å². The lowest BCUT2D eigenvalue weighted by molar-refractivity contribution is -0.123. The predicted octanol–water partition coefficient (Wildman–Crippen LogP) is 0.552. The highest BCUT2D eigenvalue weighted by atomic mass is 32.1. The molecule has 1 fully saturated rings. The van der Waals surface area contributed by atoms with E-state index in [0.29, 0.717) is 0 Å². The number of amides is 2. The van der Waals surface area contributed by atoms with Gasteiger partial charge in [-0.05, 0) is 29.9 Å². The van der Waals surface area contributed by atoms with Crippen LogP contribution < -0.4 is 10.6 Å². The first-order valence-electron chi connectivity index (χ1n) is 5.12. The van der Waals surface area contributed by atoms with Gasteiger partial charge in [0.05, 0.1) is 0 Å². The van der Waals surface area contributed by atoms with E-state index in [1.165, 1.54) is 6.08 Å². The molecule has 90 valence electrons. The maximum absolute atomic E-state index is 11.5. The van der Waals surface area contributed by atoms with E-state index < -0.39 is 11.8 Å². The highest BCUT2D eigenvalue weighted by Gasteiger charge is 2.24. The molecule has 1 saturated heterocycles. The van der Waals surface area contributed by atoms with Crippen LogP contribution in [0.3, 0.4) is 0 Å². The standard InChI is InChI=1S/C12H9N3O2S/c16-10-9(11(17)15-12(18)14-10)5-1-3-8-4-2-6-13-7-8/h1-7H,(H2,14,15,16,17,18). The van der Waals surface area contributed by atoms with E-state index in [9.17, 15) is 9.59 Å². The monoisotopic (exact) mass is 259 g/mol. The molecule has 18 heavy (non-hydrogen) atoms. The molecule has 2 N–H and O–H groups in total. The maximum Gasteiger partial charge on any atom is 0.263 e. The van der Waals surface area contributed by atoms with Gasteiger partial charge in [-0.2, -0.15) is 0 Å². The van der Waals surface area contributed by atoms with Crippen LogP contribution in [0.25, 0.3) is 6.08 Å². The lowest BCUT2D eigenvalue weighted by Gasteiger charge is -2.15. The second-order valence-electron chi connectivity index (χ2n) is 3.46. The van der Waals surface area contributed by atoms with Crippen LogP contribution in [-0.2, 0) is 9.59 Å². The molecule has 0 atom stereocenters. The topological polar surface area (TPSA) is 71.1 Å². The summed E-state index contributed by atoms with van der Waals surface area (Å²) in [5.74, 6) is -1.00. The SMILES string of the molecule is O=C1NC(=S)NC(=O)C1=CC=Cc1cccnc1. The van der Waals surface area contributed by atoms with Crippen molar-refractivity contribution in [2.75, 3.05) is 0 Å². The quantitative estimate of drug-likeness (QED) is 0.462. The normalized spacial score (nSPS) is 15.6. The van der Waals surface area contributed by atoms with Gasteiger partial charge in [0.2, 0.25) is 0 Å². The molecular weight excluding hydrogens is 250 g/mol. The first kappa shape index (κ1) is 12.1. The van der Waals surface area contributed by atoms with Crippen molar-refractivity contribution < 1.29 is 9.59 Å². The molecule has 2 heterocycles. The minimum absolute atomic E-state index is 0.0174. The van der Waals surface area contributed by atoms with Gasteiger partial charge < -0.3 is 0 Å². The van der Waals surface area contributed by atoms with Gasteiger partial charge in [0.1, 0.15) is 5.57 Å². The number of carbonyl (C=O) groups is 2. The molecule has 0 unspecified atom stereocenters. The zero-order chi connectivity index (χ0) is 13.0. The van der Waals surface area contributed by atoms with Crippen molar-refractivity contribution in [2.45, 2.75) is 0 Å². The van der Waals surface area contributed by atoms with E-state index in [1.807, 2.05) is 6.07 Å². The number of nitrogens with one attached hydrogen (secondary N) is 2. The third-order valence-electron chi connectivity index (χ3n) is 2.18. The Morgan fingerprint density at radius 2 is 1.94 bits per heavy atom. The number of carbonyl (C=O) groups excluding carboxylic acids is 2. The third-order valence-corrected chi connectivity index (χ3v) is 2.38. The summed E-state index contributed by atoms with van der Waals surface area (Å²) in [7, 11) is 0. The summed E-state index contributed by atoms with van der Waals surface area (Å²) in [4.78, 5) is 26.9. The van der Waals surface area contributed by atoms with Gasteiger partial charge in [0, 0.05) is 12.4 Å². The summed E-state index contributed by atoms with van der Waals surface area (Å²) < 4.78 is 0. The molecule has 0 radical (unpaired) electrons. The Morgan fingerprint density at radius 1 is 1.22 bits per heavy atom. The first-order chi connectivity index (χ1) is 8.66. The lowest BCUT2D eigenvalue weighted by Crippen LogP contribution is -2.51. The minimum Gasteiger partial charge on any atom is -0.299 e. The van der Waals surface area contributed by atoms with Crippen LogP contribution in [0.4, 0.5) is 0 Å². The Labute approximate surface area is 109 Å². The van der Waals surface area contributed by atoms with Crippen LogP contribution in [0.1, 0.15) is 5.56 Å². The molecule has 1 aromatic heterocycles. The zero-order valence-electron chi connectivity index (χ0n) is 9.21. The second-order valence-corrected chi connectivity index (χ2v) is 3.87. The maximum atomic E-state index is 11.5. The van der Waals surface area contributed by atoms with Crippen LogP contribution in [0, 0.1) is 0 Å². The molecular formula is C12H9N3O2S. The molecule has 1 aliphatic rings. The van der Waals surface area contributed by atoms with Crippen LogP contribution in [0.15, 0.2) is 42.3 Å². The molecule has 5 nitrogen and oxygen atoms in total. The molecule has 0 spiro atoms. The fraction of sp³-hybridized carbons (Fsp3) is 0. The highest BCUT2D eigenvalue weighted by Crippen LogP contribution is 2.03. The van der Waals surface area contributed by atoms with Gasteiger partial charge in [0.15, 0.2) is 5.11 Å². The minimum atomic E-state index is -0.500. The van der Waals surface area contributed by atoms with Gasteiger partial charge in [0.25, 0.3) is 11.8 Å². The molecule has 6 heteroatoms. The van der Waals surface area contributed by atoms with Gasteiger partial charge in [-0.15, -0.1) is 0 Å². The third kappa shape index (κ3) is 2.86. The molecule has 1 aromatic rings. The average molecular weight is 259 g/mol.